The van der Waals surface area contributed by atoms with Crippen molar-refractivity contribution in [2.75, 3.05) is 6.61 Å². The van der Waals surface area contributed by atoms with Crippen molar-refractivity contribution >= 4 is 7.82 Å². The van der Waals surface area contributed by atoms with Gasteiger partial charge in [-0.1, -0.05) is 5.11 Å². The first-order valence-electron chi connectivity index (χ1n) is 6.81. The van der Waals surface area contributed by atoms with Crippen LogP contribution >= 0.6 is 7.82 Å². The maximum atomic E-state index is 11.9. The average molecular weight is 348 g/mol. The van der Waals surface area contributed by atoms with Crippen molar-refractivity contribution in [1.29, 1.82) is 0 Å². The molecule has 23 heavy (non-hydrogen) atoms. The number of aromatic amines is 1. The number of aryl methyl sites for hydroxylation is 1. The van der Waals surface area contributed by atoms with Crippen LogP contribution in [0.1, 0.15) is 19.6 Å². The molecule has 3 N–H and O–H groups in total. The lowest BCUT2D eigenvalue weighted by molar-refractivity contribution is -0.0268. The molecular weight excluding hydrogens is 333 g/mol. The second-order valence-electron chi connectivity index (χ2n) is 4.75. The molecule has 0 aliphatic carbocycles. The molecule has 1 fully saturated rings. The minimum atomic E-state index is -4.79. The number of ether oxygens (including phenoxy) is 1. The van der Waals surface area contributed by atoms with Crippen molar-refractivity contribution in [3.05, 3.63) is 43.0 Å². The molecule has 0 saturated carbocycles. The molecule has 126 valence electrons. The number of rotatable bonds is 5. The summed E-state index contributed by atoms with van der Waals surface area (Å²) in [6.45, 7) is 0.776. The van der Waals surface area contributed by atoms with Gasteiger partial charge in [0.25, 0.3) is 5.56 Å². The fraction of sp³-hybridized carbons (Fsp3) is 0.600. The first-order chi connectivity index (χ1) is 11.1. The van der Waals surface area contributed by atoms with Gasteiger partial charge in [-0.3, -0.25) is 18.9 Å². The van der Waals surface area contributed by atoms with Crippen molar-refractivity contribution in [3.8, 4) is 0 Å². The predicted octanol–water partition coefficient (Wildman–Crippen LogP) is -0.0793. The van der Waals surface area contributed by atoms with Gasteiger partial charge in [0, 0.05) is 23.1 Å². The maximum absolute atomic E-state index is 11.9. The quantitative estimate of drug-likeness (QED) is 0.288. The van der Waals surface area contributed by atoms with Crippen molar-refractivity contribution in [2.24, 2.45) is 5.11 Å². The minimum absolute atomic E-state index is 0.153. The van der Waals surface area contributed by atoms with E-state index in [-0.39, 0.29) is 12.0 Å². The van der Waals surface area contributed by atoms with E-state index in [0.29, 0.717) is 0 Å². The lowest BCUT2D eigenvalue weighted by Crippen LogP contribution is -2.33. The summed E-state index contributed by atoms with van der Waals surface area (Å²) in [4.78, 5) is 45.4. The van der Waals surface area contributed by atoms with E-state index in [1.54, 1.807) is 0 Å². The van der Waals surface area contributed by atoms with Crippen molar-refractivity contribution < 1.29 is 25.0 Å². The van der Waals surface area contributed by atoms with Crippen LogP contribution in [0.15, 0.2) is 20.9 Å². The number of azide groups is 1. The number of phosphoric ester groups is 1. The summed E-state index contributed by atoms with van der Waals surface area (Å²) < 4.78 is 29.6. The Hall–Kier alpha value is -1.94. The summed E-state index contributed by atoms with van der Waals surface area (Å²) in [6.07, 6.45) is -2.36. The largest absolute Gasteiger partial charge is 0.469 e. The molecule has 0 aromatic carbocycles. The van der Waals surface area contributed by atoms with Crippen molar-refractivity contribution in [1.82, 2.24) is 9.55 Å². The molecule has 1 aromatic heterocycles. The van der Waals surface area contributed by atoms with Crippen LogP contribution < -0.4 is 11.2 Å². The van der Waals surface area contributed by atoms with E-state index in [1.807, 2.05) is 4.98 Å². The van der Waals surface area contributed by atoms with Crippen LogP contribution in [0.3, 0.4) is 0 Å². The van der Waals surface area contributed by atoms with E-state index >= 15 is 0 Å². The summed E-state index contributed by atoms with van der Waals surface area (Å²) in [7, 11) is -4.79. The summed E-state index contributed by atoms with van der Waals surface area (Å²) in [5.41, 5.74) is 7.21. The zero-order valence-corrected chi connectivity index (χ0v) is 12.7. The van der Waals surface area contributed by atoms with Crippen LogP contribution in [0.25, 0.3) is 10.4 Å². The Morgan fingerprint density at radius 3 is 3.00 bits per heavy atom. The van der Waals surface area contributed by atoms with E-state index in [9.17, 15) is 14.2 Å². The fourth-order valence-corrected chi connectivity index (χ4v) is 2.36. The van der Waals surface area contributed by atoms with Gasteiger partial charge >= 0.3 is 13.5 Å². The zero-order chi connectivity index (χ0) is 18.1. The average Bonchev–Trinajstić information content (AvgIpc) is 2.78. The Labute approximate surface area is 129 Å². The minimum Gasteiger partial charge on any atom is -0.352 e. The van der Waals surface area contributed by atoms with Crippen LogP contribution in [0.5, 0.6) is 0 Å². The Kier molecular flexibility index (Phi) is 4.62. The van der Waals surface area contributed by atoms with E-state index in [4.69, 9.17) is 21.4 Å². The van der Waals surface area contributed by atoms with Crippen LogP contribution in [0.2, 0.25) is 0 Å². The SMILES string of the molecule is [2H][C@]1(n2cc(C)c(=O)[nH]c2=O)C[C@H](N=[N+]=[N-])[C@@H](COP(=O)(O)O)O1. The monoisotopic (exact) mass is 348 g/mol. The molecule has 12 nitrogen and oxygen atoms in total. The van der Waals surface area contributed by atoms with E-state index in [0.717, 1.165) is 10.8 Å². The van der Waals surface area contributed by atoms with Crippen LogP contribution in [0.4, 0.5) is 0 Å². The summed E-state index contributed by atoms with van der Waals surface area (Å²) >= 11 is 0. The molecule has 1 saturated heterocycles. The van der Waals surface area contributed by atoms with Gasteiger partial charge in [0.1, 0.15) is 6.20 Å². The molecule has 0 bridgehead atoms. The summed E-state index contributed by atoms with van der Waals surface area (Å²) in [5, 5.41) is 3.41. The number of hydrogen-bond acceptors (Lipinski definition) is 6. The van der Waals surface area contributed by atoms with Gasteiger partial charge in [-0.05, 0) is 12.5 Å². The lowest BCUT2D eigenvalue weighted by Gasteiger charge is -2.17. The summed E-state index contributed by atoms with van der Waals surface area (Å²) in [6, 6.07) is -1.00. The third kappa shape index (κ3) is 4.29. The highest BCUT2D eigenvalue weighted by Crippen LogP contribution is 2.38. The first-order valence-corrected chi connectivity index (χ1v) is 7.84. The Balaban J connectivity index is 2.36. The molecule has 2 rings (SSSR count). The topological polar surface area (TPSA) is 180 Å². The number of nitrogens with one attached hydrogen (secondary N) is 1. The van der Waals surface area contributed by atoms with E-state index < -0.39 is 44.0 Å². The van der Waals surface area contributed by atoms with Gasteiger partial charge in [0.15, 0.2) is 0 Å². The van der Waals surface area contributed by atoms with Gasteiger partial charge in [0.2, 0.25) is 0 Å². The van der Waals surface area contributed by atoms with Crippen LogP contribution in [-0.4, -0.2) is 38.1 Å². The molecule has 1 aromatic rings. The van der Waals surface area contributed by atoms with Crippen LogP contribution in [-0.2, 0) is 13.8 Å². The van der Waals surface area contributed by atoms with Gasteiger partial charge in [0.05, 0.1) is 20.1 Å². The van der Waals surface area contributed by atoms with E-state index in [2.05, 4.69) is 14.5 Å². The van der Waals surface area contributed by atoms with Gasteiger partial charge in [-0.2, -0.15) is 0 Å². The molecule has 3 atom stereocenters. The molecule has 0 radical (unpaired) electrons. The van der Waals surface area contributed by atoms with Gasteiger partial charge < -0.3 is 14.5 Å². The van der Waals surface area contributed by atoms with E-state index in [1.165, 1.54) is 6.92 Å². The first kappa shape index (κ1) is 15.9. The predicted molar refractivity (Wildman–Crippen MR) is 75.5 cm³/mol. The Morgan fingerprint density at radius 1 is 1.70 bits per heavy atom. The third-order valence-electron chi connectivity index (χ3n) is 3.10. The summed E-state index contributed by atoms with van der Waals surface area (Å²) in [5.74, 6) is 0. The number of phosphoric acid groups is 1. The molecule has 2 heterocycles. The van der Waals surface area contributed by atoms with Crippen LogP contribution in [0, 0.1) is 6.92 Å². The number of aromatic nitrogens is 2. The normalized spacial score (nSPS) is 28.2. The highest BCUT2D eigenvalue weighted by atomic mass is 31.2. The fourth-order valence-electron chi connectivity index (χ4n) is 2.02. The zero-order valence-electron chi connectivity index (χ0n) is 12.8. The third-order valence-corrected chi connectivity index (χ3v) is 3.58. The number of H-pyrrole nitrogens is 1. The maximum Gasteiger partial charge on any atom is 0.469 e. The second kappa shape index (κ2) is 6.67. The van der Waals surface area contributed by atoms with Crippen molar-refractivity contribution in [2.45, 2.75) is 31.7 Å². The number of hydrogen-bond donors (Lipinski definition) is 3. The highest BCUT2D eigenvalue weighted by molar-refractivity contribution is 7.46. The highest BCUT2D eigenvalue weighted by Gasteiger charge is 2.37. The van der Waals surface area contributed by atoms with Gasteiger partial charge in [-0.25, -0.2) is 9.36 Å². The molecule has 13 heteroatoms. The molecule has 0 unspecified atom stereocenters. The molecule has 1 aliphatic heterocycles. The molecule has 1 aliphatic rings. The molecular formula is C10H14N5O7P. The lowest BCUT2D eigenvalue weighted by atomic mass is 10.1. The van der Waals surface area contributed by atoms with Crippen molar-refractivity contribution in [3.63, 3.8) is 0 Å². The van der Waals surface area contributed by atoms with Gasteiger partial charge in [-0.15, -0.1) is 0 Å². The smallest absolute Gasteiger partial charge is 0.352 e. The second-order valence-corrected chi connectivity index (χ2v) is 5.99. The standard InChI is InChI=1S/C10H14N5O7P/c1-5-3-15(10(17)12-9(5)16)8-2-6(13-14-11)7(22-8)4-21-23(18,19)20/h3,6-8H,2,4H2,1H3,(H,12,16,17)(H2,18,19,20)/t6-,7+,8+/m0/s1/i8D. The molecule has 0 spiro atoms. The molecule has 0 amide bonds. The Bertz CT molecular complexity index is 843. The Morgan fingerprint density at radius 2 is 2.39 bits per heavy atom. The number of nitrogens with zero attached hydrogens (tertiary/aromatic N) is 4.